The second-order valence-corrected chi connectivity index (χ2v) is 2.45. The number of rotatable bonds is 5. The van der Waals surface area contributed by atoms with Gasteiger partial charge in [0.1, 0.15) is 0 Å². The van der Waals surface area contributed by atoms with E-state index in [1.54, 1.807) is 6.08 Å². The van der Waals surface area contributed by atoms with Crippen molar-refractivity contribution in [1.29, 1.82) is 0 Å². The second-order valence-electron chi connectivity index (χ2n) is 2.45. The zero-order chi connectivity index (χ0) is 9.23. The zero-order valence-corrected chi connectivity index (χ0v) is 7.51. The van der Waals surface area contributed by atoms with E-state index in [1.165, 1.54) is 5.57 Å². The topological polar surface area (TPSA) is 12.0 Å². The van der Waals surface area contributed by atoms with Crippen LogP contribution < -0.4 is 5.32 Å². The third-order valence-corrected chi connectivity index (χ3v) is 1.37. The highest BCUT2D eigenvalue weighted by Crippen LogP contribution is 1.97. The minimum absolute atomic E-state index is 0.834. The lowest BCUT2D eigenvalue weighted by atomic mass is 10.2. The average molecular weight is 161 g/mol. The van der Waals surface area contributed by atoms with Crippen LogP contribution in [0.25, 0.3) is 0 Å². The highest BCUT2D eigenvalue weighted by atomic mass is 14.8. The Morgan fingerprint density at radius 1 is 1.58 bits per heavy atom. The maximum atomic E-state index is 5.03. The molecule has 0 unspecified atom stereocenters. The van der Waals surface area contributed by atoms with Crippen molar-refractivity contribution >= 4 is 0 Å². The Kier molecular flexibility index (Phi) is 6.78. The van der Waals surface area contributed by atoms with Crippen LogP contribution in [0.15, 0.2) is 36.5 Å². The average Bonchev–Trinajstić information content (AvgIpc) is 2.06. The first kappa shape index (κ1) is 10.6. The van der Waals surface area contributed by atoms with Gasteiger partial charge in [0.2, 0.25) is 0 Å². The normalized spacial score (nSPS) is 11.2. The van der Waals surface area contributed by atoms with Crippen LogP contribution in [-0.4, -0.2) is 6.54 Å². The van der Waals surface area contributed by atoms with Crippen molar-refractivity contribution in [1.82, 2.24) is 5.32 Å². The predicted octanol–water partition coefficient (Wildman–Crippen LogP) is 2.25. The van der Waals surface area contributed by atoms with Crippen molar-refractivity contribution in [3.63, 3.8) is 0 Å². The van der Waals surface area contributed by atoms with E-state index in [9.17, 15) is 0 Å². The molecule has 0 aromatic rings. The molecule has 0 saturated carbocycles. The summed E-state index contributed by atoms with van der Waals surface area (Å²) in [5, 5.41) is 2.81. The monoisotopic (exact) mass is 161 g/mol. The van der Waals surface area contributed by atoms with E-state index in [0.29, 0.717) is 0 Å². The van der Waals surface area contributed by atoms with Gasteiger partial charge in [-0.15, -0.1) is 0 Å². The number of hydrogen-bond acceptors (Lipinski definition) is 1. The summed E-state index contributed by atoms with van der Waals surface area (Å²) in [6, 6.07) is 2.38. The third kappa shape index (κ3) is 6.70. The predicted molar refractivity (Wildman–Crippen MR) is 54.5 cm³/mol. The Balaban J connectivity index is 3.64. The molecular formula is C11H15N. The highest BCUT2D eigenvalue weighted by Gasteiger charge is 1.85. The molecule has 0 saturated heterocycles. The lowest BCUT2D eigenvalue weighted by molar-refractivity contribution is 0.845. The SMILES string of the molecule is C#CNCC/C(C)=C/C=C\C=C. The van der Waals surface area contributed by atoms with Crippen molar-refractivity contribution in [2.24, 2.45) is 0 Å². The number of hydrogen-bond donors (Lipinski definition) is 1. The van der Waals surface area contributed by atoms with Crippen LogP contribution >= 0.6 is 0 Å². The van der Waals surface area contributed by atoms with E-state index in [4.69, 9.17) is 6.42 Å². The smallest absolute Gasteiger partial charge is 0.0266 e. The van der Waals surface area contributed by atoms with Gasteiger partial charge in [-0.3, -0.25) is 0 Å². The summed E-state index contributed by atoms with van der Waals surface area (Å²) in [7, 11) is 0. The van der Waals surface area contributed by atoms with Gasteiger partial charge in [0, 0.05) is 12.6 Å². The molecule has 1 nitrogen and oxygen atoms in total. The first-order chi connectivity index (χ1) is 5.81. The summed E-state index contributed by atoms with van der Waals surface area (Å²) >= 11 is 0. The molecule has 0 radical (unpaired) electrons. The van der Waals surface area contributed by atoms with Gasteiger partial charge in [-0.05, 0) is 13.3 Å². The molecule has 0 amide bonds. The zero-order valence-electron chi connectivity index (χ0n) is 7.51. The van der Waals surface area contributed by atoms with Crippen molar-refractivity contribution in [3.8, 4) is 12.5 Å². The lowest BCUT2D eigenvalue weighted by Gasteiger charge is -1.97. The molecule has 0 bridgehead atoms. The summed E-state index contributed by atoms with van der Waals surface area (Å²) in [6.45, 7) is 6.49. The fraction of sp³-hybridized carbons (Fsp3) is 0.273. The highest BCUT2D eigenvalue weighted by molar-refractivity contribution is 5.14. The quantitative estimate of drug-likeness (QED) is 0.282. The van der Waals surface area contributed by atoms with Crippen LogP contribution in [0.4, 0.5) is 0 Å². The molecule has 0 rings (SSSR count). The first-order valence-corrected chi connectivity index (χ1v) is 3.94. The summed E-state index contributed by atoms with van der Waals surface area (Å²) < 4.78 is 0. The second kappa shape index (κ2) is 7.68. The summed E-state index contributed by atoms with van der Waals surface area (Å²) in [6.07, 6.45) is 13.7. The molecule has 1 heteroatoms. The van der Waals surface area contributed by atoms with E-state index < -0.39 is 0 Å². The van der Waals surface area contributed by atoms with Crippen LogP contribution in [-0.2, 0) is 0 Å². The van der Waals surface area contributed by atoms with Gasteiger partial charge in [-0.25, -0.2) is 0 Å². The van der Waals surface area contributed by atoms with Crippen LogP contribution in [0.3, 0.4) is 0 Å². The molecule has 0 aliphatic rings. The molecule has 0 aliphatic carbocycles. The molecule has 12 heavy (non-hydrogen) atoms. The number of terminal acetylenes is 1. The molecule has 0 aliphatic heterocycles. The third-order valence-electron chi connectivity index (χ3n) is 1.37. The van der Waals surface area contributed by atoms with Crippen molar-refractivity contribution in [3.05, 3.63) is 36.5 Å². The van der Waals surface area contributed by atoms with E-state index in [-0.39, 0.29) is 0 Å². The molecule has 0 fully saturated rings. The van der Waals surface area contributed by atoms with E-state index in [1.807, 2.05) is 12.2 Å². The van der Waals surface area contributed by atoms with Crippen LogP contribution in [0.2, 0.25) is 0 Å². The maximum absolute atomic E-state index is 5.03. The summed E-state index contributed by atoms with van der Waals surface area (Å²) in [4.78, 5) is 0. The largest absolute Gasteiger partial charge is 0.346 e. The Bertz CT molecular complexity index is 216. The van der Waals surface area contributed by atoms with Crippen molar-refractivity contribution < 1.29 is 0 Å². The van der Waals surface area contributed by atoms with Crippen LogP contribution in [0.1, 0.15) is 13.3 Å². The van der Waals surface area contributed by atoms with Gasteiger partial charge in [-0.2, -0.15) is 0 Å². The van der Waals surface area contributed by atoms with E-state index in [0.717, 1.165) is 13.0 Å². The molecule has 64 valence electrons. The van der Waals surface area contributed by atoms with Crippen molar-refractivity contribution in [2.45, 2.75) is 13.3 Å². The fourth-order valence-corrected chi connectivity index (χ4v) is 0.714. The van der Waals surface area contributed by atoms with E-state index >= 15 is 0 Å². The van der Waals surface area contributed by atoms with E-state index in [2.05, 4.69) is 30.9 Å². The lowest BCUT2D eigenvalue weighted by Crippen LogP contribution is -2.06. The molecule has 0 aromatic heterocycles. The summed E-state index contributed by atoms with van der Waals surface area (Å²) in [5.41, 5.74) is 1.30. The minimum Gasteiger partial charge on any atom is -0.346 e. The van der Waals surface area contributed by atoms with Gasteiger partial charge < -0.3 is 5.32 Å². The Hall–Kier alpha value is -1.42. The Labute approximate surface area is 74.9 Å². The first-order valence-electron chi connectivity index (χ1n) is 3.94. The van der Waals surface area contributed by atoms with Gasteiger partial charge in [0.15, 0.2) is 0 Å². The maximum Gasteiger partial charge on any atom is 0.0266 e. The van der Waals surface area contributed by atoms with Crippen molar-refractivity contribution in [2.75, 3.05) is 6.54 Å². The molecule has 0 atom stereocenters. The molecule has 1 N–H and O–H groups in total. The van der Waals surface area contributed by atoms with Crippen LogP contribution in [0, 0.1) is 12.5 Å². The molecular weight excluding hydrogens is 146 g/mol. The van der Waals surface area contributed by atoms with Gasteiger partial charge in [-0.1, -0.05) is 42.9 Å². The van der Waals surface area contributed by atoms with Gasteiger partial charge in [0.05, 0.1) is 0 Å². The summed E-state index contributed by atoms with van der Waals surface area (Å²) in [5.74, 6) is 0. The van der Waals surface area contributed by atoms with Gasteiger partial charge in [0.25, 0.3) is 0 Å². The molecule has 0 heterocycles. The Morgan fingerprint density at radius 2 is 2.33 bits per heavy atom. The van der Waals surface area contributed by atoms with Gasteiger partial charge >= 0.3 is 0 Å². The Morgan fingerprint density at radius 3 is 2.92 bits per heavy atom. The molecule has 0 spiro atoms. The number of allylic oxidation sites excluding steroid dienone is 4. The standard InChI is InChI=1S/C11H15N/c1-4-6-7-8-11(3)9-10-12-5-2/h2,4,6-8,12H,1,9-10H2,3H3/b7-6-,11-8+. The molecule has 0 aromatic carbocycles. The number of nitrogens with one attached hydrogen (secondary N) is 1. The van der Waals surface area contributed by atoms with Crippen LogP contribution in [0.5, 0.6) is 0 Å². The fourth-order valence-electron chi connectivity index (χ4n) is 0.714. The minimum atomic E-state index is 0.834.